The molecule has 0 atom stereocenters. The molecule has 106 valence electrons. The van der Waals surface area contributed by atoms with Crippen molar-refractivity contribution in [2.45, 2.75) is 27.3 Å². The van der Waals surface area contributed by atoms with Gasteiger partial charge in [-0.05, 0) is 44.5 Å². The highest BCUT2D eigenvalue weighted by Crippen LogP contribution is 2.35. The fraction of sp³-hybridized carbons (Fsp3) is 0.308. The van der Waals surface area contributed by atoms with Gasteiger partial charge in [0.25, 0.3) is 5.88 Å². The molecule has 20 heavy (non-hydrogen) atoms. The van der Waals surface area contributed by atoms with Gasteiger partial charge in [0.1, 0.15) is 11.4 Å². The molecule has 0 aliphatic heterocycles. The number of aromatic nitrogens is 2. The van der Waals surface area contributed by atoms with Crippen LogP contribution >= 0.6 is 15.9 Å². The van der Waals surface area contributed by atoms with Gasteiger partial charge < -0.3 is 4.74 Å². The van der Waals surface area contributed by atoms with Gasteiger partial charge in [-0.15, -0.1) is 0 Å². The first kappa shape index (κ1) is 14.5. The molecule has 0 spiro atoms. The van der Waals surface area contributed by atoms with E-state index in [9.17, 15) is 10.1 Å². The van der Waals surface area contributed by atoms with Gasteiger partial charge in [-0.2, -0.15) is 5.10 Å². The minimum Gasteiger partial charge on any atom is -0.434 e. The third-order valence-corrected chi connectivity index (χ3v) is 3.37. The maximum absolute atomic E-state index is 11.2. The Morgan fingerprint density at radius 1 is 1.45 bits per heavy atom. The molecule has 0 amide bonds. The van der Waals surface area contributed by atoms with E-state index >= 15 is 0 Å². The first-order chi connectivity index (χ1) is 9.43. The van der Waals surface area contributed by atoms with Crippen LogP contribution in [0.15, 0.2) is 22.7 Å². The zero-order chi connectivity index (χ0) is 14.9. The van der Waals surface area contributed by atoms with E-state index in [2.05, 4.69) is 21.0 Å². The maximum atomic E-state index is 11.2. The summed E-state index contributed by atoms with van der Waals surface area (Å²) in [6, 6.07) is 5.49. The Kier molecular flexibility index (Phi) is 4.08. The summed E-state index contributed by atoms with van der Waals surface area (Å²) in [5, 5.41) is 15.3. The fourth-order valence-electron chi connectivity index (χ4n) is 1.91. The predicted octanol–water partition coefficient (Wildman–Crippen LogP) is 3.98. The zero-order valence-electron chi connectivity index (χ0n) is 11.4. The van der Waals surface area contributed by atoms with Gasteiger partial charge in [0.2, 0.25) is 0 Å². The summed E-state index contributed by atoms with van der Waals surface area (Å²) in [5.74, 6) is 0.742. The number of hydrogen-bond donors (Lipinski definition) is 0. The number of nitro groups is 1. The molecule has 7 heteroatoms. The van der Waals surface area contributed by atoms with Crippen molar-refractivity contribution in [3.63, 3.8) is 0 Å². The third kappa shape index (κ3) is 2.67. The number of benzene rings is 1. The van der Waals surface area contributed by atoms with Crippen molar-refractivity contribution in [2.24, 2.45) is 0 Å². The molecule has 0 unspecified atom stereocenters. The number of halogens is 1. The van der Waals surface area contributed by atoms with Crippen LogP contribution in [0.3, 0.4) is 0 Å². The van der Waals surface area contributed by atoms with Crippen LogP contribution in [-0.2, 0) is 6.54 Å². The van der Waals surface area contributed by atoms with Crippen molar-refractivity contribution in [3.05, 3.63) is 44.0 Å². The fourth-order valence-corrected chi connectivity index (χ4v) is 2.38. The van der Waals surface area contributed by atoms with E-state index < -0.39 is 4.92 Å². The van der Waals surface area contributed by atoms with Crippen LogP contribution in [0.5, 0.6) is 11.6 Å². The standard InChI is InChI=1S/C13H14BrN3O3/c1-4-16-13(12(17(18)19)9(3)15-16)20-11-6-5-10(14)7-8(11)2/h5-7H,4H2,1-3H3. The van der Waals surface area contributed by atoms with E-state index in [0.29, 0.717) is 18.0 Å². The summed E-state index contributed by atoms with van der Waals surface area (Å²) < 4.78 is 8.16. The monoisotopic (exact) mass is 339 g/mol. The van der Waals surface area contributed by atoms with Gasteiger partial charge in [0.15, 0.2) is 0 Å². The minimum absolute atomic E-state index is 0.0887. The highest BCUT2D eigenvalue weighted by molar-refractivity contribution is 9.10. The van der Waals surface area contributed by atoms with Crippen molar-refractivity contribution < 1.29 is 9.66 Å². The summed E-state index contributed by atoms with van der Waals surface area (Å²) in [6.45, 7) is 5.84. The van der Waals surface area contributed by atoms with Gasteiger partial charge in [-0.3, -0.25) is 10.1 Å². The minimum atomic E-state index is -0.460. The van der Waals surface area contributed by atoms with Gasteiger partial charge in [0.05, 0.1) is 4.92 Å². The molecule has 6 nitrogen and oxygen atoms in total. The lowest BCUT2D eigenvalue weighted by atomic mass is 10.2. The van der Waals surface area contributed by atoms with Crippen molar-refractivity contribution in [2.75, 3.05) is 0 Å². The molecule has 0 aliphatic rings. The lowest BCUT2D eigenvalue weighted by Gasteiger charge is -2.09. The zero-order valence-corrected chi connectivity index (χ0v) is 13.0. The molecule has 1 aromatic carbocycles. The Hall–Kier alpha value is -1.89. The van der Waals surface area contributed by atoms with Crippen molar-refractivity contribution >= 4 is 21.6 Å². The van der Waals surface area contributed by atoms with Crippen LogP contribution in [-0.4, -0.2) is 14.7 Å². The van der Waals surface area contributed by atoms with Crippen LogP contribution in [0.1, 0.15) is 18.2 Å². The molecule has 1 heterocycles. The highest BCUT2D eigenvalue weighted by Gasteiger charge is 2.27. The average Bonchev–Trinajstić information content (AvgIpc) is 2.69. The lowest BCUT2D eigenvalue weighted by Crippen LogP contribution is -2.01. The molecule has 0 aliphatic carbocycles. The molecule has 2 aromatic rings. The van der Waals surface area contributed by atoms with Crippen molar-refractivity contribution in [1.29, 1.82) is 0 Å². The number of nitrogens with zero attached hydrogens (tertiary/aromatic N) is 3. The summed E-state index contributed by atoms with van der Waals surface area (Å²) >= 11 is 3.37. The number of hydrogen-bond acceptors (Lipinski definition) is 4. The van der Waals surface area contributed by atoms with E-state index in [1.165, 1.54) is 4.68 Å². The highest BCUT2D eigenvalue weighted by atomic mass is 79.9. The summed E-state index contributed by atoms with van der Waals surface area (Å²) in [7, 11) is 0. The number of ether oxygens (including phenoxy) is 1. The second kappa shape index (κ2) is 5.62. The number of aryl methyl sites for hydroxylation is 3. The Morgan fingerprint density at radius 2 is 2.15 bits per heavy atom. The van der Waals surface area contributed by atoms with Gasteiger partial charge in [-0.25, -0.2) is 4.68 Å². The van der Waals surface area contributed by atoms with Crippen LogP contribution in [0.4, 0.5) is 5.69 Å². The summed E-state index contributed by atoms with van der Waals surface area (Å²) in [5.41, 5.74) is 1.14. The van der Waals surface area contributed by atoms with E-state index in [0.717, 1.165) is 10.0 Å². The molecule has 0 saturated heterocycles. The molecule has 0 bridgehead atoms. The van der Waals surface area contributed by atoms with E-state index in [1.54, 1.807) is 13.0 Å². The Labute approximate surface area is 124 Å². The van der Waals surface area contributed by atoms with E-state index in [4.69, 9.17) is 4.74 Å². The number of rotatable bonds is 4. The second-order valence-corrected chi connectivity index (χ2v) is 5.24. The largest absolute Gasteiger partial charge is 0.434 e. The maximum Gasteiger partial charge on any atom is 0.353 e. The smallest absolute Gasteiger partial charge is 0.353 e. The molecule has 2 rings (SSSR count). The van der Waals surface area contributed by atoms with Gasteiger partial charge in [0, 0.05) is 11.0 Å². The molecule has 0 N–H and O–H groups in total. The van der Waals surface area contributed by atoms with Crippen LogP contribution in [0.25, 0.3) is 0 Å². The van der Waals surface area contributed by atoms with E-state index in [1.807, 2.05) is 26.0 Å². The topological polar surface area (TPSA) is 70.2 Å². The van der Waals surface area contributed by atoms with Gasteiger partial charge in [-0.1, -0.05) is 15.9 Å². The normalized spacial score (nSPS) is 10.6. The Balaban J connectivity index is 2.49. The van der Waals surface area contributed by atoms with Gasteiger partial charge >= 0.3 is 5.69 Å². The summed E-state index contributed by atoms with van der Waals surface area (Å²) in [4.78, 5) is 10.7. The lowest BCUT2D eigenvalue weighted by molar-refractivity contribution is -0.386. The van der Waals surface area contributed by atoms with Crippen LogP contribution in [0.2, 0.25) is 0 Å². The van der Waals surface area contributed by atoms with E-state index in [-0.39, 0.29) is 11.6 Å². The Morgan fingerprint density at radius 3 is 2.70 bits per heavy atom. The first-order valence-electron chi connectivity index (χ1n) is 6.09. The molecular formula is C13H14BrN3O3. The Bertz CT molecular complexity index is 667. The quantitative estimate of drug-likeness (QED) is 0.623. The second-order valence-electron chi connectivity index (χ2n) is 4.32. The molecule has 0 fully saturated rings. The summed E-state index contributed by atoms with van der Waals surface area (Å²) in [6.07, 6.45) is 0. The first-order valence-corrected chi connectivity index (χ1v) is 6.89. The molecule has 0 radical (unpaired) electrons. The van der Waals surface area contributed by atoms with Crippen LogP contribution < -0.4 is 4.74 Å². The molecule has 0 saturated carbocycles. The molecule has 1 aromatic heterocycles. The average molecular weight is 340 g/mol. The predicted molar refractivity (Wildman–Crippen MR) is 78.2 cm³/mol. The van der Waals surface area contributed by atoms with Crippen molar-refractivity contribution in [3.8, 4) is 11.6 Å². The molecular weight excluding hydrogens is 326 g/mol. The SMILES string of the molecule is CCn1nc(C)c([N+](=O)[O-])c1Oc1ccc(Br)cc1C. The van der Waals surface area contributed by atoms with Crippen LogP contribution in [0, 0.1) is 24.0 Å². The third-order valence-electron chi connectivity index (χ3n) is 2.88. The van der Waals surface area contributed by atoms with Crippen molar-refractivity contribution in [1.82, 2.24) is 9.78 Å².